The molecular weight excluding hydrogens is 704 g/mol. The van der Waals surface area contributed by atoms with Gasteiger partial charge in [0.25, 0.3) is 5.91 Å². The molecule has 0 bridgehead atoms. The molecule has 2 N–H and O–H groups in total. The minimum absolute atomic E-state index is 0.0309. The number of amides is 3. The molecule has 1 atom stereocenters. The number of anilines is 2. The second kappa shape index (κ2) is 15.0. The normalized spacial score (nSPS) is 21.0. The maximum Gasteiger partial charge on any atom is 0.329 e. The Morgan fingerprint density at radius 1 is 1.00 bits per heavy atom. The van der Waals surface area contributed by atoms with Crippen LogP contribution in [-0.2, 0) is 16.6 Å². The van der Waals surface area contributed by atoms with Gasteiger partial charge in [0.1, 0.15) is 17.6 Å². The Labute approximate surface area is 318 Å². The van der Waals surface area contributed by atoms with Crippen LogP contribution in [0.4, 0.5) is 15.8 Å². The van der Waals surface area contributed by atoms with Gasteiger partial charge in [-0.2, -0.15) is 5.10 Å². The van der Waals surface area contributed by atoms with Crippen molar-refractivity contribution in [3.05, 3.63) is 82.7 Å². The number of ether oxygens (including phenoxy) is 1. The van der Waals surface area contributed by atoms with E-state index in [1.165, 1.54) is 19.2 Å². The fraction of sp³-hybridized carbons (Fsp3) is 0.439. The first-order chi connectivity index (χ1) is 26.6. The van der Waals surface area contributed by atoms with Crippen molar-refractivity contribution in [2.75, 3.05) is 44.0 Å². The number of hydrogen-bond donors (Lipinski definition) is 2. The quantitative estimate of drug-likeness (QED) is 0.191. The highest BCUT2D eigenvalue weighted by Gasteiger charge is 2.33. The van der Waals surface area contributed by atoms with Crippen LogP contribution >= 0.6 is 0 Å². The number of benzene rings is 3. The summed E-state index contributed by atoms with van der Waals surface area (Å²) in [6.45, 7) is 2.77. The van der Waals surface area contributed by atoms with E-state index in [1.807, 2.05) is 30.5 Å². The Hall–Kier alpha value is -5.50. The second-order valence-electron chi connectivity index (χ2n) is 15.3. The summed E-state index contributed by atoms with van der Waals surface area (Å²) in [5.41, 5.74) is 3.49. The van der Waals surface area contributed by atoms with Crippen molar-refractivity contribution in [3.63, 3.8) is 0 Å². The van der Waals surface area contributed by atoms with Crippen LogP contribution in [0.1, 0.15) is 73.8 Å². The van der Waals surface area contributed by atoms with Crippen LogP contribution < -0.4 is 26.0 Å². The molecule has 3 amide bonds. The first-order valence-electron chi connectivity index (χ1n) is 19.2. The molecule has 1 aliphatic carbocycles. The zero-order valence-electron chi connectivity index (χ0n) is 31.5. The van der Waals surface area contributed by atoms with Gasteiger partial charge in [0.05, 0.1) is 46.6 Å². The van der Waals surface area contributed by atoms with Crippen LogP contribution in [0.3, 0.4) is 0 Å². The number of imidazole rings is 1. The SMILES string of the molecule is COc1cc2nn([C@H]3CC[C@H](CN(C)C4CCN(c5cccc6c5n(C)c(=O)n6C5CCC(=O)NC5=O)CC4)CC3)cc2cc1NC(=O)c1ccccc1F. The van der Waals surface area contributed by atoms with Gasteiger partial charge in [-0.1, -0.05) is 18.2 Å². The molecule has 4 heterocycles. The Balaban J connectivity index is 0.869. The van der Waals surface area contributed by atoms with E-state index in [4.69, 9.17) is 9.84 Å². The lowest BCUT2D eigenvalue weighted by atomic mass is 9.85. The molecule has 2 saturated heterocycles. The largest absolute Gasteiger partial charge is 0.494 e. The number of fused-ring (bicyclic) bond motifs is 2. The molecule has 0 radical (unpaired) electrons. The number of imide groups is 1. The lowest BCUT2D eigenvalue weighted by Crippen LogP contribution is -2.45. The van der Waals surface area contributed by atoms with Gasteiger partial charge in [0, 0.05) is 56.8 Å². The monoisotopic (exact) mass is 750 g/mol. The zero-order valence-corrected chi connectivity index (χ0v) is 31.5. The maximum atomic E-state index is 14.2. The smallest absolute Gasteiger partial charge is 0.329 e. The minimum Gasteiger partial charge on any atom is -0.494 e. The van der Waals surface area contributed by atoms with E-state index < -0.39 is 23.7 Å². The lowest BCUT2D eigenvalue weighted by molar-refractivity contribution is -0.135. The molecule has 14 heteroatoms. The molecule has 3 fully saturated rings. The summed E-state index contributed by atoms with van der Waals surface area (Å²) in [5, 5.41) is 11.0. The number of carbonyl (C=O) groups excluding carboxylic acids is 3. The minimum atomic E-state index is -0.704. The molecule has 0 spiro atoms. The third kappa shape index (κ3) is 6.99. The van der Waals surface area contributed by atoms with Gasteiger partial charge in [0.15, 0.2) is 0 Å². The number of para-hydroxylation sites is 1. The van der Waals surface area contributed by atoms with Gasteiger partial charge in [-0.15, -0.1) is 0 Å². The highest BCUT2D eigenvalue weighted by molar-refractivity contribution is 6.06. The number of piperidine rings is 2. The molecule has 5 aromatic rings. The van der Waals surface area contributed by atoms with Crippen molar-refractivity contribution in [1.29, 1.82) is 0 Å². The van der Waals surface area contributed by atoms with Gasteiger partial charge in [0.2, 0.25) is 11.8 Å². The summed E-state index contributed by atoms with van der Waals surface area (Å²) < 4.78 is 25.0. The average Bonchev–Trinajstić information content (AvgIpc) is 3.72. The van der Waals surface area contributed by atoms with Crippen molar-refractivity contribution < 1.29 is 23.5 Å². The first kappa shape index (κ1) is 36.5. The van der Waals surface area contributed by atoms with Gasteiger partial charge >= 0.3 is 5.69 Å². The van der Waals surface area contributed by atoms with Crippen LogP contribution in [0.2, 0.25) is 0 Å². The zero-order chi connectivity index (χ0) is 38.4. The van der Waals surface area contributed by atoms with Gasteiger partial charge in [-0.05, 0) is 88.2 Å². The van der Waals surface area contributed by atoms with E-state index in [0.717, 1.165) is 80.3 Å². The highest BCUT2D eigenvalue weighted by atomic mass is 19.1. The first-order valence-corrected chi connectivity index (χ1v) is 19.2. The molecule has 55 heavy (non-hydrogen) atoms. The Bertz CT molecular complexity index is 2330. The average molecular weight is 751 g/mol. The van der Waals surface area contributed by atoms with Crippen LogP contribution in [0.15, 0.2) is 65.6 Å². The summed E-state index contributed by atoms with van der Waals surface area (Å²) >= 11 is 0. The summed E-state index contributed by atoms with van der Waals surface area (Å²) in [6.07, 6.45) is 8.85. The summed E-state index contributed by atoms with van der Waals surface area (Å²) in [5.74, 6) is -0.785. The number of nitrogens with zero attached hydrogens (tertiary/aromatic N) is 6. The van der Waals surface area contributed by atoms with E-state index >= 15 is 0 Å². The molecule has 13 nitrogen and oxygen atoms in total. The maximum absolute atomic E-state index is 14.2. The van der Waals surface area contributed by atoms with Crippen molar-refractivity contribution in [1.82, 2.24) is 29.1 Å². The fourth-order valence-electron chi connectivity index (χ4n) is 8.96. The van der Waals surface area contributed by atoms with E-state index in [-0.39, 0.29) is 29.6 Å². The second-order valence-corrected chi connectivity index (χ2v) is 15.3. The third-order valence-electron chi connectivity index (χ3n) is 12.0. The fourth-order valence-corrected chi connectivity index (χ4v) is 8.96. The van der Waals surface area contributed by atoms with Crippen molar-refractivity contribution >= 4 is 51.0 Å². The molecule has 8 rings (SSSR count). The molecule has 2 aliphatic heterocycles. The molecule has 1 saturated carbocycles. The lowest BCUT2D eigenvalue weighted by Gasteiger charge is -2.40. The van der Waals surface area contributed by atoms with Crippen LogP contribution in [0.25, 0.3) is 21.9 Å². The number of hydrogen-bond acceptors (Lipinski definition) is 8. The Morgan fingerprint density at radius 2 is 1.76 bits per heavy atom. The van der Waals surface area contributed by atoms with Gasteiger partial charge in [-0.25, -0.2) is 9.18 Å². The standard InChI is InChI=1S/C41H47FN8O5/c1-46(27-17-19-48(20-18-27)33-9-6-10-34-38(33)47(2)41(54)50(34)35-15-16-37(51)44-40(35)53)23-25-11-13-28(14-12-25)49-24-26-21-32(36(55-3)22-31(26)45-49)43-39(52)29-7-4-5-8-30(29)42/h4-10,21-22,24-25,27-28,35H,11-20,23H2,1-3H3,(H,43,52)(H,44,51,53)/t25-,28-,35?. The molecule has 3 aliphatic rings. The van der Waals surface area contributed by atoms with Crippen LogP contribution in [0.5, 0.6) is 5.75 Å². The van der Waals surface area contributed by atoms with E-state index in [0.29, 0.717) is 35.3 Å². The molecule has 288 valence electrons. The third-order valence-corrected chi connectivity index (χ3v) is 12.0. The van der Waals surface area contributed by atoms with E-state index in [1.54, 1.807) is 28.3 Å². The summed E-state index contributed by atoms with van der Waals surface area (Å²) in [4.78, 5) is 55.7. The number of halogens is 1. The molecule has 3 aromatic carbocycles. The van der Waals surface area contributed by atoms with Gasteiger partial charge < -0.3 is 19.9 Å². The highest BCUT2D eigenvalue weighted by Crippen LogP contribution is 2.37. The predicted molar refractivity (Wildman–Crippen MR) is 208 cm³/mol. The van der Waals surface area contributed by atoms with Crippen LogP contribution in [0, 0.1) is 11.7 Å². The number of nitrogens with one attached hydrogen (secondary N) is 2. The molecular formula is C41H47FN8O5. The molecule has 2 aromatic heterocycles. The summed E-state index contributed by atoms with van der Waals surface area (Å²) in [7, 11) is 5.54. The topological polar surface area (TPSA) is 136 Å². The van der Waals surface area contributed by atoms with Crippen molar-refractivity contribution in [2.45, 2.75) is 69.5 Å². The Morgan fingerprint density at radius 3 is 2.49 bits per heavy atom. The number of rotatable bonds is 9. The number of aromatic nitrogens is 4. The van der Waals surface area contributed by atoms with E-state index in [2.05, 4.69) is 38.2 Å². The summed E-state index contributed by atoms with van der Waals surface area (Å²) in [6, 6.07) is 15.5. The van der Waals surface area contributed by atoms with Crippen molar-refractivity contribution in [3.8, 4) is 5.75 Å². The predicted octanol–water partition coefficient (Wildman–Crippen LogP) is 5.40. The Kier molecular flexibility index (Phi) is 9.93. The van der Waals surface area contributed by atoms with Crippen LogP contribution in [-0.4, -0.2) is 81.4 Å². The number of carbonyl (C=O) groups is 3. The number of methoxy groups -OCH3 is 1. The number of aryl methyl sites for hydroxylation is 1. The van der Waals surface area contributed by atoms with Crippen molar-refractivity contribution in [2.24, 2.45) is 13.0 Å². The molecule has 1 unspecified atom stereocenters. The van der Waals surface area contributed by atoms with Gasteiger partial charge in [-0.3, -0.25) is 33.5 Å². The van der Waals surface area contributed by atoms with E-state index in [9.17, 15) is 23.6 Å².